The molecule has 29 heavy (non-hydrogen) atoms. The van der Waals surface area contributed by atoms with Crippen LogP contribution in [0.15, 0.2) is 53.9 Å². The topological polar surface area (TPSA) is 65.7 Å². The van der Waals surface area contributed by atoms with Crippen LogP contribution in [0.3, 0.4) is 0 Å². The van der Waals surface area contributed by atoms with Crippen molar-refractivity contribution in [3.8, 4) is 27.7 Å². The van der Waals surface area contributed by atoms with Crippen LogP contribution in [0.2, 0.25) is 0 Å². The van der Waals surface area contributed by atoms with Gasteiger partial charge in [0.2, 0.25) is 5.82 Å². The summed E-state index contributed by atoms with van der Waals surface area (Å²) in [6.07, 6.45) is -4.43. The van der Waals surface area contributed by atoms with Crippen molar-refractivity contribution in [3.63, 3.8) is 0 Å². The third-order valence-electron chi connectivity index (χ3n) is 4.09. The molecule has 148 valence electrons. The lowest BCUT2D eigenvalue weighted by atomic mass is 10.1. The fourth-order valence-corrected chi connectivity index (χ4v) is 3.47. The summed E-state index contributed by atoms with van der Waals surface area (Å²) in [4.78, 5) is 5.87. The molecule has 0 aliphatic rings. The molecule has 0 spiro atoms. The highest BCUT2D eigenvalue weighted by Gasteiger charge is 2.30. The normalized spacial score (nSPS) is 11.6. The van der Waals surface area contributed by atoms with Gasteiger partial charge >= 0.3 is 6.18 Å². The Kier molecular flexibility index (Phi) is 5.01. The SMILES string of the molecule is COc1ccc(-c2nc(Cn3nnc(-c4cccc(C(F)(F)F)c4)n3)cs2)cc1. The first-order valence-electron chi connectivity index (χ1n) is 8.46. The number of thiazole rings is 1. The van der Waals surface area contributed by atoms with E-state index in [1.807, 2.05) is 29.6 Å². The average Bonchev–Trinajstić information content (AvgIpc) is 3.38. The lowest BCUT2D eigenvalue weighted by molar-refractivity contribution is -0.137. The first kappa shape index (κ1) is 19.1. The maximum absolute atomic E-state index is 12.9. The van der Waals surface area contributed by atoms with E-state index in [0.717, 1.165) is 34.1 Å². The van der Waals surface area contributed by atoms with Gasteiger partial charge in [0.05, 0.1) is 18.4 Å². The standard InChI is InChI=1S/C19H14F3N5OS/c1-28-16-7-5-12(6-8-16)18-23-15(11-29-18)10-27-25-17(24-26-27)13-3-2-4-14(9-13)19(20,21)22/h2-9,11H,10H2,1H3. The molecule has 2 aromatic heterocycles. The number of hydrogen-bond acceptors (Lipinski definition) is 6. The van der Waals surface area contributed by atoms with Gasteiger partial charge in [-0.25, -0.2) is 4.98 Å². The van der Waals surface area contributed by atoms with E-state index in [1.165, 1.54) is 28.3 Å². The first-order chi connectivity index (χ1) is 13.9. The first-order valence-corrected chi connectivity index (χ1v) is 9.34. The van der Waals surface area contributed by atoms with E-state index in [4.69, 9.17) is 4.74 Å². The molecule has 0 saturated heterocycles. The summed E-state index contributed by atoms with van der Waals surface area (Å²) in [6, 6.07) is 12.4. The summed E-state index contributed by atoms with van der Waals surface area (Å²) in [5, 5.41) is 14.7. The minimum Gasteiger partial charge on any atom is -0.497 e. The van der Waals surface area contributed by atoms with Crippen LogP contribution in [-0.4, -0.2) is 32.3 Å². The van der Waals surface area contributed by atoms with Gasteiger partial charge in [0, 0.05) is 16.5 Å². The van der Waals surface area contributed by atoms with Crippen molar-refractivity contribution in [2.45, 2.75) is 12.7 Å². The van der Waals surface area contributed by atoms with E-state index < -0.39 is 11.7 Å². The van der Waals surface area contributed by atoms with Gasteiger partial charge in [0.25, 0.3) is 0 Å². The number of rotatable bonds is 5. The average molecular weight is 417 g/mol. The summed E-state index contributed by atoms with van der Waals surface area (Å²) < 4.78 is 43.8. The number of hydrogen-bond donors (Lipinski definition) is 0. The molecule has 0 atom stereocenters. The molecular weight excluding hydrogens is 403 g/mol. The molecule has 2 heterocycles. The molecule has 0 N–H and O–H groups in total. The van der Waals surface area contributed by atoms with Gasteiger partial charge in [-0.3, -0.25) is 0 Å². The molecular formula is C19H14F3N5OS. The summed E-state index contributed by atoms with van der Waals surface area (Å²) in [7, 11) is 1.61. The zero-order valence-corrected chi connectivity index (χ0v) is 15.9. The zero-order chi connectivity index (χ0) is 20.4. The molecule has 0 radical (unpaired) electrons. The molecule has 2 aromatic carbocycles. The van der Waals surface area contributed by atoms with Gasteiger partial charge in [-0.1, -0.05) is 12.1 Å². The van der Waals surface area contributed by atoms with Gasteiger partial charge in [-0.2, -0.15) is 18.0 Å². The minimum atomic E-state index is -4.43. The van der Waals surface area contributed by atoms with Crippen LogP contribution in [0.25, 0.3) is 22.0 Å². The molecule has 0 unspecified atom stereocenters. The highest BCUT2D eigenvalue weighted by atomic mass is 32.1. The molecule has 4 aromatic rings. The Labute approximate surface area is 167 Å². The van der Waals surface area contributed by atoms with Gasteiger partial charge in [0.1, 0.15) is 17.3 Å². The third kappa shape index (κ3) is 4.27. The van der Waals surface area contributed by atoms with Crippen LogP contribution >= 0.6 is 11.3 Å². The smallest absolute Gasteiger partial charge is 0.416 e. The summed E-state index contributed by atoms with van der Waals surface area (Å²) in [5.74, 6) is 0.890. The molecule has 0 aliphatic carbocycles. The molecule has 0 saturated carbocycles. The Hall–Kier alpha value is -3.27. The van der Waals surface area contributed by atoms with Crippen molar-refractivity contribution in [1.82, 2.24) is 25.2 Å². The Bertz CT molecular complexity index is 1120. The molecule has 0 bridgehead atoms. The van der Waals surface area contributed by atoms with E-state index in [1.54, 1.807) is 7.11 Å². The second-order valence-electron chi connectivity index (χ2n) is 6.09. The van der Waals surface area contributed by atoms with Crippen molar-refractivity contribution in [1.29, 1.82) is 0 Å². The number of ether oxygens (including phenoxy) is 1. The number of benzene rings is 2. The predicted octanol–water partition coefficient (Wildman–Crippen LogP) is 4.54. The summed E-state index contributed by atoms with van der Waals surface area (Å²) in [5.41, 5.74) is 1.19. The molecule has 0 aliphatic heterocycles. The van der Waals surface area contributed by atoms with Crippen LogP contribution in [0.5, 0.6) is 5.75 Å². The Morgan fingerprint density at radius 3 is 2.59 bits per heavy atom. The number of methoxy groups -OCH3 is 1. The highest BCUT2D eigenvalue weighted by molar-refractivity contribution is 7.13. The Balaban J connectivity index is 1.51. The van der Waals surface area contributed by atoms with Crippen molar-refractivity contribution in [2.75, 3.05) is 7.11 Å². The third-order valence-corrected chi connectivity index (χ3v) is 5.03. The number of tetrazole rings is 1. The molecule has 0 amide bonds. The Morgan fingerprint density at radius 1 is 1.07 bits per heavy atom. The summed E-state index contributed by atoms with van der Waals surface area (Å²) >= 11 is 1.48. The lowest BCUT2D eigenvalue weighted by Gasteiger charge is -2.06. The molecule has 6 nitrogen and oxygen atoms in total. The van der Waals surface area contributed by atoms with E-state index in [0.29, 0.717) is 0 Å². The van der Waals surface area contributed by atoms with Crippen molar-refractivity contribution >= 4 is 11.3 Å². The van der Waals surface area contributed by atoms with Crippen molar-refractivity contribution in [2.24, 2.45) is 0 Å². The Morgan fingerprint density at radius 2 is 1.86 bits per heavy atom. The number of nitrogens with zero attached hydrogens (tertiary/aromatic N) is 5. The van der Waals surface area contributed by atoms with Gasteiger partial charge in [-0.05, 0) is 41.6 Å². The van der Waals surface area contributed by atoms with Gasteiger partial charge in [-0.15, -0.1) is 21.5 Å². The van der Waals surface area contributed by atoms with E-state index in [-0.39, 0.29) is 17.9 Å². The largest absolute Gasteiger partial charge is 0.497 e. The maximum Gasteiger partial charge on any atom is 0.416 e. The number of aromatic nitrogens is 5. The number of halogens is 3. The molecule has 0 fully saturated rings. The monoisotopic (exact) mass is 417 g/mol. The van der Waals surface area contributed by atoms with Gasteiger partial charge in [0.15, 0.2) is 0 Å². The van der Waals surface area contributed by atoms with Crippen LogP contribution in [0.1, 0.15) is 11.3 Å². The maximum atomic E-state index is 12.9. The summed E-state index contributed by atoms with van der Waals surface area (Å²) in [6.45, 7) is 0.263. The highest BCUT2D eigenvalue weighted by Crippen LogP contribution is 2.31. The van der Waals surface area contributed by atoms with Crippen LogP contribution in [-0.2, 0) is 12.7 Å². The fourth-order valence-electron chi connectivity index (χ4n) is 2.65. The van der Waals surface area contributed by atoms with Gasteiger partial charge < -0.3 is 4.74 Å². The van der Waals surface area contributed by atoms with Crippen molar-refractivity contribution in [3.05, 3.63) is 65.2 Å². The van der Waals surface area contributed by atoms with E-state index in [2.05, 4.69) is 20.4 Å². The van der Waals surface area contributed by atoms with E-state index >= 15 is 0 Å². The van der Waals surface area contributed by atoms with Crippen molar-refractivity contribution < 1.29 is 17.9 Å². The predicted molar refractivity (Wildman–Crippen MR) is 101 cm³/mol. The van der Waals surface area contributed by atoms with Crippen LogP contribution in [0, 0.1) is 0 Å². The second-order valence-corrected chi connectivity index (χ2v) is 6.95. The van der Waals surface area contributed by atoms with E-state index in [9.17, 15) is 13.2 Å². The lowest BCUT2D eigenvalue weighted by Crippen LogP contribution is -2.05. The number of alkyl halides is 3. The van der Waals surface area contributed by atoms with Crippen LogP contribution < -0.4 is 4.74 Å². The molecule has 10 heteroatoms. The fraction of sp³-hybridized carbons (Fsp3) is 0.158. The zero-order valence-electron chi connectivity index (χ0n) is 15.1. The quantitative estimate of drug-likeness (QED) is 0.477. The van der Waals surface area contributed by atoms with Crippen LogP contribution in [0.4, 0.5) is 13.2 Å². The minimum absolute atomic E-state index is 0.127. The molecule has 4 rings (SSSR count). The second kappa shape index (κ2) is 7.63.